The molecule has 25 heavy (non-hydrogen) atoms. The number of hydrogen-bond donors (Lipinski definition) is 1. The number of carboxylic acids is 1. The first-order chi connectivity index (χ1) is 12.2. The zero-order valence-electron chi connectivity index (χ0n) is 13.6. The Morgan fingerprint density at radius 3 is 2.68 bits per heavy atom. The van der Waals surface area contributed by atoms with Crippen molar-refractivity contribution < 1.29 is 19.4 Å². The Labute approximate surface area is 149 Å². The van der Waals surface area contributed by atoms with Crippen LogP contribution in [0.25, 0.3) is 10.6 Å². The zero-order chi connectivity index (χ0) is 17.6. The number of carbonyl (C=O) groups is 1. The smallest absolute Gasteiger partial charge is 0.355 e. The first-order valence-electron chi connectivity index (χ1n) is 7.71. The Balaban J connectivity index is 1.81. The normalized spacial score (nSPS) is 10.4. The van der Waals surface area contributed by atoms with E-state index in [1.807, 2.05) is 24.3 Å². The predicted molar refractivity (Wildman–Crippen MR) is 96.7 cm³/mol. The molecule has 0 saturated carbocycles. The van der Waals surface area contributed by atoms with Crippen molar-refractivity contribution in [3.05, 3.63) is 65.2 Å². The summed E-state index contributed by atoms with van der Waals surface area (Å²) in [6.45, 7) is 0.501. The topological polar surface area (TPSA) is 68.7 Å². The van der Waals surface area contributed by atoms with Gasteiger partial charge >= 0.3 is 5.97 Å². The quantitative estimate of drug-likeness (QED) is 0.690. The summed E-state index contributed by atoms with van der Waals surface area (Å²) in [5.74, 6) is 0.262. The number of carboxylic acid groups (broad SMARTS) is 1. The molecule has 1 heterocycles. The lowest BCUT2D eigenvalue weighted by atomic mass is 10.1. The molecule has 0 saturated heterocycles. The van der Waals surface area contributed by atoms with Crippen molar-refractivity contribution in [2.24, 2.45) is 0 Å². The van der Waals surface area contributed by atoms with Crippen molar-refractivity contribution in [1.29, 1.82) is 0 Å². The van der Waals surface area contributed by atoms with Crippen LogP contribution in [-0.4, -0.2) is 29.8 Å². The van der Waals surface area contributed by atoms with Gasteiger partial charge in [-0.25, -0.2) is 9.78 Å². The van der Waals surface area contributed by atoms with E-state index in [0.29, 0.717) is 23.1 Å². The monoisotopic (exact) mass is 355 g/mol. The van der Waals surface area contributed by atoms with Crippen LogP contribution in [0.3, 0.4) is 0 Å². The molecule has 5 nitrogen and oxygen atoms in total. The summed E-state index contributed by atoms with van der Waals surface area (Å²) in [5.41, 5.74) is 1.98. The minimum absolute atomic E-state index is 0.0334. The second-order valence-corrected chi connectivity index (χ2v) is 6.15. The predicted octanol–water partition coefficient (Wildman–Crippen LogP) is 4.14. The number of thiazole rings is 1. The fraction of sp³-hybridized carbons (Fsp3) is 0.158. The van der Waals surface area contributed by atoms with Crippen LogP contribution < -0.4 is 9.47 Å². The molecule has 6 heteroatoms. The molecule has 0 aliphatic rings. The first-order valence-corrected chi connectivity index (χ1v) is 8.59. The van der Waals surface area contributed by atoms with E-state index < -0.39 is 5.97 Å². The number of rotatable bonds is 7. The lowest BCUT2D eigenvalue weighted by molar-refractivity contribution is 0.0691. The van der Waals surface area contributed by atoms with Crippen LogP contribution in [0.2, 0.25) is 0 Å². The Morgan fingerprint density at radius 2 is 2.00 bits per heavy atom. The largest absolute Gasteiger partial charge is 0.497 e. The van der Waals surface area contributed by atoms with Crippen LogP contribution in [0.15, 0.2) is 53.9 Å². The van der Waals surface area contributed by atoms with Gasteiger partial charge in [0.2, 0.25) is 0 Å². The highest BCUT2D eigenvalue weighted by molar-refractivity contribution is 7.13. The summed E-state index contributed by atoms with van der Waals surface area (Å²) in [4.78, 5) is 15.2. The lowest BCUT2D eigenvalue weighted by Crippen LogP contribution is -2.03. The molecular weight excluding hydrogens is 338 g/mol. The Morgan fingerprint density at radius 1 is 1.20 bits per heavy atom. The van der Waals surface area contributed by atoms with E-state index in [4.69, 9.17) is 14.6 Å². The van der Waals surface area contributed by atoms with Gasteiger partial charge in [-0.2, -0.15) is 0 Å². The molecule has 0 spiro atoms. The number of nitrogens with zero attached hydrogens (tertiary/aromatic N) is 1. The molecule has 0 aliphatic carbocycles. The summed E-state index contributed by atoms with van der Waals surface area (Å²) in [6.07, 6.45) is 0.774. The van der Waals surface area contributed by atoms with Crippen LogP contribution in [0.1, 0.15) is 16.1 Å². The molecule has 0 unspecified atom stereocenters. The van der Waals surface area contributed by atoms with E-state index in [0.717, 1.165) is 12.0 Å². The van der Waals surface area contributed by atoms with E-state index in [2.05, 4.69) is 17.1 Å². The second-order valence-electron chi connectivity index (χ2n) is 5.29. The fourth-order valence-corrected chi connectivity index (χ4v) is 3.17. The van der Waals surface area contributed by atoms with Crippen LogP contribution in [0.4, 0.5) is 0 Å². The number of hydrogen-bond acceptors (Lipinski definition) is 5. The van der Waals surface area contributed by atoms with E-state index in [9.17, 15) is 4.79 Å². The van der Waals surface area contributed by atoms with Gasteiger partial charge in [-0.05, 0) is 17.7 Å². The van der Waals surface area contributed by atoms with Gasteiger partial charge in [0.25, 0.3) is 0 Å². The SMILES string of the molecule is COc1ccc(-c2nc(C(=O)O)cs2)c(OCCc2ccccc2)c1. The molecule has 0 bridgehead atoms. The number of ether oxygens (including phenoxy) is 2. The molecule has 1 N–H and O–H groups in total. The van der Waals surface area contributed by atoms with Crippen molar-refractivity contribution in [3.63, 3.8) is 0 Å². The number of benzene rings is 2. The first kappa shape index (κ1) is 17.0. The third kappa shape index (κ3) is 4.16. The Bertz CT molecular complexity index is 861. The minimum atomic E-state index is -1.04. The maximum Gasteiger partial charge on any atom is 0.355 e. The van der Waals surface area contributed by atoms with E-state index in [1.165, 1.54) is 22.3 Å². The average molecular weight is 355 g/mol. The van der Waals surface area contributed by atoms with Gasteiger partial charge < -0.3 is 14.6 Å². The molecule has 128 valence electrons. The third-order valence-electron chi connectivity index (χ3n) is 3.63. The van der Waals surface area contributed by atoms with Gasteiger partial charge in [0.15, 0.2) is 5.69 Å². The number of methoxy groups -OCH3 is 1. The molecule has 0 aliphatic heterocycles. The van der Waals surface area contributed by atoms with Gasteiger partial charge in [0.05, 0.1) is 19.3 Å². The van der Waals surface area contributed by atoms with Crippen LogP contribution in [0, 0.1) is 0 Å². The molecule has 1 aromatic heterocycles. The van der Waals surface area contributed by atoms with Gasteiger partial charge in [-0.1, -0.05) is 30.3 Å². The Hall–Kier alpha value is -2.86. The standard InChI is InChI=1S/C19H17NO4S/c1-23-14-7-8-15(18-20-16(12-25-18)19(21)22)17(11-14)24-10-9-13-5-3-2-4-6-13/h2-8,11-12H,9-10H2,1H3,(H,21,22). The van der Waals surface area contributed by atoms with Crippen molar-refractivity contribution >= 4 is 17.3 Å². The molecule has 0 amide bonds. The summed E-state index contributed by atoms with van der Waals surface area (Å²) in [7, 11) is 1.59. The van der Waals surface area contributed by atoms with Crippen LogP contribution >= 0.6 is 11.3 Å². The van der Waals surface area contributed by atoms with Crippen molar-refractivity contribution in [2.45, 2.75) is 6.42 Å². The zero-order valence-corrected chi connectivity index (χ0v) is 14.5. The molecule has 3 aromatic rings. The summed E-state index contributed by atoms with van der Waals surface area (Å²) in [6, 6.07) is 15.5. The molecule has 3 rings (SSSR count). The average Bonchev–Trinajstić information content (AvgIpc) is 3.13. The molecule has 0 fully saturated rings. The van der Waals surface area contributed by atoms with Gasteiger partial charge in [-0.15, -0.1) is 11.3 Å². The van der Waals surface area contributed by atoms with Gasteiger partial charge in [-0.3, -0.25) is 0 Å². The third-order valence-corrected chi connectivity index (χ3v) is 4.51. The fourth-order valence-electron chi connectivity index (χ4n) is 2.34. The minimum Gasteiger partial charge on any atom is -0.497 e. The second kappa shape index (κ2) is 7.81. The maximum atomic E-state index is 11.1. The van der Waals surface area contributed by atoms with Crippen molar-refractivity contribution in [1.82, 2.24) is 4.98 Å². The van der Waals surface area contributed by atoms with E-state index in [-0.39, 0.29) is 5.69 Å². The van der Waals surface area contributed by atoms with Gasteiger partial charge in [0.1, 0.15) is 16.5 Å². The van der Waals surface area contributed by atoms with Gasteiger partial charge in [0, 0.05) is 17.9 Å². The van der Waals surface area contributed by atoms with Crippen LogP contribution in [0.5, 0.6) is 11.5 Å². The molecular formula is C19H17NO4S. The highest BCUT2D eigenvalue weighted by atomic mass is 32.1. The molecule has 2 aromatic carbocycles. The molecule has 0 radical (unpaired) electrons. The summed E-state index contributed by atoms with van der Waals surface area (Å²) in [5, 5.41) is 11.2. The van der Waals surface area contributed by atoms with E-state index >= 15 is 0 Å². The number of aromatic carboxylic acids is 1. The number of aromatic nitrogens is 1. The van der Waals surface area contributed by atoms with E-state index in [1.54, 1.807) is 19.2 Å². The summed E-state index contributed by atoms with van der Waals surface area (Å²) >= 11 is 1.28. The Kier molecular flexibility index (Phi) is 5.30. The lowest BCUT2D eigenvalue weighted by Gasteiger charge is -2.12. The van der Waals surface area contributed by atoms with Crippen LogP contribution in [-0.2, 0) is 6.42 Å². The molecule has 0 atom stereocenters. The highest BCUT2D eigenvalue weighted by Gasteiger charge is 2.15. The highest BCUT2D eigenvalue weighted by Crippen LogP contribution is 2.35. The maximum absolute atomic E-state index is 11.1. The van der Waals surface area contributed by atoms with Crippen molar-refractivity contribution in [2.75, 3.05) is 13.7 Å². The summed E-state index contributed by atoms with van der Waals surface area (Å²) < 4.78 is 11.2. The van der Waals surface area contributed by atoms with Crippen molar-refractivity contribution in [3.8, 4) is 22.1 Å².